The molecule has 0 spiro atoms. The average Bonchev–Trinajstić information content (AvgIpc) is 3.30. The van der Waals surface area contributed by atoms with E-state index in [0.29, 0.717) is 32.1 Å². The van der Waals surface area contributed by atoms with E-state index in [2.05, 4.69) is 4.99 Å². The van der Waals surface area contributed by atoms with Gasteiger partial charge in [-0.3, -0.25) is 9.36 Å². The molecule has 5 rings (SSSR count). The Morgan fingerprint density at radius 2 is 1.75 bits per heavy atom. The molecule has 0 bridgehead atoms. The first kappa shape index (κ1) is 30.5. The SMILES string of the molecule is CCOC(=O)C1=C(C)N=c2s/c(=C\c3ccc(OCc4cccc(C(=O)O)c4)cc3)c(=O)n2[C@@H]1c1ccc(OC(C)C)cc1. The van der Waals surface area contributed by atoms with Gasteiger partial charge in [0.2, 0.25) is 0 Å². The van der Waals surface area contributed by atoms with Crippen LogP contribution in [0.1, 0.15) is 60.8 Å². The molecule has 4 aromatic rings. The van der Waals surface area contributed by atoms with Crippen LogP contribution in [0.5, 0.6) is 11.5 Å². The lowest BCUT2D eigenvalue weighted by atomic mass is 9.96. The molecule has 0 aliphatic carbocycles. The van der Waals surface area contributed by atoms with Crippen LogP contribution in [-0.4, -0.2) is 34.3 Å². The number of hydrogen-bond acceptors (Lipinski definition) is 8. The number of carboxylic acids is 1. The predicted octanol–water partition coefficient (Wildman–Crippen LogP) is 4.86. The molecule has 0 fully saturated rings. The number of aromatic nitrogens is 1. The average molecular weight is 613 g/mol. The minimum atomic E-state index is -0.991. The number of thiazole rings is 1. The number of allylic oxidation sites excluding steroid dienone is 1. The Labute approximate surface area is 258 Å². The van der Waals surface area contributed by atoms with Gasteiger partial charge in [-0.15, -0.1) is 0 Å². The van der Waals surface area contributed by atoms with Crippen molar-refractivity contribution in [2.75, 3.05) is 6.61 Å². The molecule has 1 atom stereocenters. The first-order valence-corrected chi connectivity index (χ1v) is 15.0. The number of carbonyl (C=O) groups excluding carboxylic acids is 1. The highest BCUT2D eigenvalue weighted by Crippen LogP contribution is 2.31. The summed E-state index contributed by atoms with van der Waals surface area (Å²) in [5.41, 5.74) is 3.01. The number of carbonyl (C=O) groups is 2. The number of hydrogen-bond donors (Lipinski definition) is 1. The fourth-order valence-corrected chi connectivity index (χ4v) is 5.93. The van der Waals surface area contributed by atoms with E-state index in [1.807, 2.05) is 50.2 Å². The summed E-state index contributed by atoms with van der Waals surface area (Å²) in [6.07, 6.45) is 1.79. The zero-order valence-corrected chi connectivity index (χ0v) is 25.6. The summed E-state index contributed by atoms with van der Waals surface area (Å²) in [5, 5.41) is 9.20. The molecule has 44 heavy (non-hydrogen) atoms. The maximum Gasteiger partial charge on any atom is 0.338 e. The normalized spacial score (nSPS) is 14.7. The van der Waals surface area contributed by atoms with Gasteiger partial charge in [0.1, 0.15) is 18.1 Å². The lowest BCUT2D eigenvalue weighted by Gasteiger charge is -2.25. The van der Waals surface area contributed by atoms with Crippen LogP contribution in [0.4, 0.5) is 0 Å². The van der Waals surface area contributed by atoms with Gasteiger partial charge in [-0.2, -0.15) is 0 Å². The van der Waals surface area contributed by atoms with E-state index in [-0.39, 0.29) is 30.4 Å². The minimum absolute atomic E-state index is 0.00673. The van der Waals surface area contributed by atoms with Gasteiger partial charge in [-0.05, 0) is 86.9 Å². The summed E-state index contributed by atoms with van der Waals surface area (Å²) in [6.45, 7) is 7.79. The number of ether oxygens (including phenoxy) is 3. The van der Waals surface area contributed by atoms with Crippen LogP contribution in [0.3, 0.4) is 0 Å². The van der Waals surface area contributed by atoms with Gasteiger partial charge in [0.25, 0.3) is 5.56 Å². The molecule has 0 amide bonds. The Bertz CT molecular complexity index is 1900. The van der Waals surface area contributed by atoms with Crippen LogP contribution in [0, 0.1) is 0 Å². The smallest absolute Gasteiger partial charge is 0.338 e. The van der Waals surface area contributed by atoms with Gasteiger partial charge >= 0.3 is 11.9 Å². The Balaban J connectivity index is 1.46. The lowest BCUT2D eigenvalue weighted by molar-refractivity contribution is -0.139. The van der Waals surface area contributed by atoms with E-state index >= 15 is 0 Å². The van der Waals surface area contributed by atoms with Gasteiger partial charge < -0.3 is 19.3 Å². The zero-order chi connectivity index (χ0) is 31.4. The summed E-state index contributed by atoms with van der Waals surface area (Å²) in [6, 6.07) is 20.5. The molecular weight excluding hydrogens is 580 g/mol. The van der Waals surface area contributed by atoms with E-state index in [9.17, 15) is 19.5 Å². The predicted molar refractivity (Wildman–Crippen MR) is 167 cm³/mol. The van der Waals surface area contributed by atoms with E-state index in [1.165, 1.54) is 17.4 Å². The number of rotatable bonds is 10. The summed E-state index contributed by atoms with van der Waals surface area (Å²) in [7, 11) is 0. The lowest BCUT2D eigenvalue weighted by Crippen LogP contribution is -2.39. The second-order valence-electron chi connectivity index (χ2n) is 10.4. The van der Waals surface area contributed by atoms with Crippen LogP contribution in [0.2, 0.25) is 0 Å². The fourth-order valence-electron chi connectivity index (χ4n) is 4.88. The molecule has 1 aliphatic rings. The summed E-state index contributed by atoms with van der Waals surface area (Å²) in [5.74, 6) is -0.213. The molecule has 226 valence electrons. The summed E-state index contributed by atoms with van der Waals surface area (Å²) >= 11 is 1.25. The molecule has 10 heteroatoms. The molecule has 9 nitrogen and oxygen atoms in total. The molecule has 1 aromatic heterocycles. The minimum Gasteiger partial charge on any atom is -0.491 e. The van der Waals surface area contributed by atoms with Crippen molar-refractivity contribution in [1.82, 2.24) is 4.57 Å². The first-order chi connectivity index (χ1) is 21.1. The second-order valence-corrected chi connectivity index (χ2v) is 11.4. The van der Waals surface area contributed by atoms with Crippen molar-refractivity contribution in [2.45, 2.75) is 46.4 Å². The molecule has 3 aromatic carbocycles. The molecule has 2 heterocycles. The van der Waals surface area contributed by atoms with Crippen molar-refractivity contribution in [3.05, 3.63) is 126 Å². The topological polar surface area (TPSA) is 116 Å². The summed E-state index contributed by atoms with van der Waals surface area (Å²) < 4.78 is 19.0. The Morgan fingerprint density at radius 3 is 2.41 bits per heavy atom. The van der Waals surface area contributed by atoms with Crippen LogP contribution in [-0.2, 0) is 16.1 Å². The van der Waals surface area contributed by atoms with Crippen molar-refractivity contribution in [3.63, 3.8) is 0 Å². The van der Waals surface area contributed by atoms with Crippen LogP contribution in [0.15, 0.2) is 93.9 Å². The van der Waals surface area contributed by atoms with E-state index in [4.69, 9.17) is 14.2 Å². The number of aromatic carboxylic acids is 1. The highest BCUT2D eigenvalue weighted by atomic mass is 32.1. The second kappa shape index (κ2) is 13.1. The zero-order valence-electron chi connectivity index (χ0n) is 24.8. The van der Waals surface area contributed by atoms with Crippen molar-refractivity contribution in [1.29, 1.82) is 0 Å². The first-order valence-electron chi connectivity index (χ1n) is 14.2. The van der Waals surface area contributed by atoms with Gasteiger partial charge in [-0.25, -0.2) is 14.6 Å². The number of esters is 1. The third kappa shape index (κ3) is 6.65. The molecule has 1 N–H and O–H groups in total. The highest BCUT2D eigenvalue weighted by molar-refractivity contribution is 7.07. The van der Waals surface area contributed by atoms with Crippen LogP contribution in [0.25, 0.3) is 6.08 Å². The maximum atomic E-state index is 13.9. The third-order valence-electron chi connectivity index (χ3n) is 6.84. The fraction of sp³-hybridized carbons (Fsp3) is 0.235. The molecule has 0 radical (unpaired) electrons. The quantitative estimate of drug-likeness (QED) is 0.254. The Kier molecular flexibility index (Phi) is 9.10. The van der Waals surface area contributed by atoms with Crippen LogP contribution < -0.4 is 24.4 Å². The van der Waals surface area contributed by atoms with Crippen LogP contribution >= 0.6 is 11.3 Å². The Hall–Kier alpha value is -4.96. The Morgan fingerprint density at radius 1 is 1.05 bits per heavy atom. The van der Waals surface area contributed by atoms with E-state index in [1.54, 1.807) is 54.8 Å². The van der Waals surface area contributed by atoms with Crippen molar-refractivity contribution >= 4 is 29.4 Å². The van der Waals surface area contributed by atoms with Gasteiger partial charge in [0.05, 0.1) is 40.1 Å². The van der Waals surface area contributed by atoms with Gasteiger partial charge in [0.15, 0.2) is 4.80 Å². The molecule has 0 unspecified atom stereocenters. The number of fused-ring (bicyclic) bond motifs is 1. The number of benzene rings is 3. The number of carboxylic acid groups (broad SMARTS) is 1. The largest absolute Gasteiger partial charge is 0.491 e. The van der Waals surface area contributed by atoms with Gasteiger partial charge in [0, 0.05) is 0 Å². The molecule has 1 aliphatic heterocycles. The molecule has 0 saturated heterocycles. The number of nitrogens with zero attached hydrogens (tertiary/aromatic N) is 2. The highest BCUT2D eigenvalue weighted by Gasteiger charge is 2.33. The van der Waals surface area contributed by atoms with Crippen molar-refractivity contribution in [3.8, 4) is 11.5 Å². The molecular formula is C34H32N2O7S. The third-order valence-corrected chi connectivity index (χ3v) is 7.82. The van der Waals surface area contributed by atoms with Gasteiger partial charge in [-0.1, -0.05) is 47.7 Å². The van der Waals surface area contributed by atoms with Crippen molar-refractivity contribution < 1.29 is 28.9 Å². The monoisotopic (exact) mass is 612 g/mol. The van der Waals surface area contributed by atoms with Crippen molar-refractivity contribution in [2.24, 2.45) is 4.99 Å². The molecule has 0 saturated carbocycles. The maximum absolute atomic E-state index is 13.9. The summed E-state index contributed by atoms with van der Waals surface area (Å²) in [4.78, 5) is 43.3. The van der Waals surface area contributed by atoms with E-state index < -0.39 is 18.0 Å². The van der Waals surface area contributed by atoms with E-state index in [0.717, 1.165) is 16.7 Å². The standard InChI is InChI=1S/C34H32N2O7S/c1-5-41-33(40)29-21(4)35-34-36(30(29)24-11-15-27(16-12-24)43-20(2)3)31(37)28(44-34)18-22-9-13-26(14-10-22)42-19-23-7-6-8-25(17-23)32(38)39/h6-18,20,30H,5,19H2,1-4H3,(H,38,39)/b28-18-/t30-/m1/s1.